The first-order chi connectivity index (χ1) is 12.9. The summed E-state index contributed by atoms with van der Waals surface area (Å²) in [6, 6.07) is 9.48. The van der Waals surface area contributed by atoms with Crippen LogP contribution in [0.1, 0.15) is 28.3 Å². The van der Waals surface area contributed by atoms with Crippen LogP contribution in [0.5, 0.6) is 0 Å². The summed E-state index contributed by atoms with van der Waals surface area (Å²) in [5.74, 6) is -0.132. The number of nitrogens with zero attached hydrogens (tertiary/aromatic N) is 1. The minimum absolute atomic E-state index is 0.111. The molecule has 8 heteroatoms. The zero-order valence-electron chi connectivity index (χ0n) is 14.4. The van der Waals surface area contributed by atoms with Crippen molar-refractivity contribution in [2.45, 2.75) is 23.8 Å². The van der Waals surface area contributed by atoms with Crippen molar-refractivity contribution in [2.75, 3.05) is 13.1 Å². The van der Waals surface area contributed by atoms with E-state index in [9.17, 15) is 17.6 Å². The second kappa shape index (κ2) is 7.09. The number of amides is 1. The van der Waals surface area contributed by atoms with Gasteiger partial charge in [-0.05, 0) is 54.6 Å². The third kappa shape index (κ3) is 3.77. The number of sulfone groups is 1. The van der Waals surface area contributed by atoms with Crippen molar-refractivity contribution in [1.29, 1.82) is 0 Å². The van der Waals surface area contributed by atoms with Crippen LogP contribution in [0.2, 0.25) is 0 Å². The summed E-state index contributed by atoms with van der Waals surface area (Å²) in [5, 5.41) is 0.238. The fraction of sp³-hybridized carbons (Fsp3) is 0.316. The maximum Gasteiger partial charge on any atom is 0.263 e. The van der Waals surface area contributed by atoms with Gasteiger partial charge in [0.2, 0.25) is 0 Å². The lowest BCUT2D eigenvalue weighted by molar-refractivity contribution is 0.0730. The Kier molecular flexibility index (Phi) is 4.77. The van der Waals surface area contributed by atoms with E-state index in [2.05, 4.69) is 0 Å². The number of benzene rings is 1. The first kappa shape index (κ1) is 18.2. The van der Waals surface area contributed by atoms with Gasteiger partial charge in [-0.15, -0.1) is 11.3 Å². The predicted molar refractivity (Wildman–Crippen MR) is 102 cm³/mol. The maximum atomic E-state index is 13.3. The van der Waals surface area contributed by atoms with E-state index in [0.717, 1.165) is 4.70 Å². The molecule has 0 spiro atoms. The molecule has 0 N–H and O–H groups in total. The number of piperidine rings is 1. The van der Waals surface area contributed by atoms with Gasteiger partial charge in [0.05, 0.1) is 16.4 Å². The van der Waals surface area contributed by atoms with E-state index in [-0.39, 0.29) is 17.5 Å². The van der Waals surface area contributed by atoms with Crippen molar-refractivity contribution < 1.29 is 22.0 Å². The van der Waals surface area contributed by atoms with Crippen molar-refractivity contribution in [3.8, 4) is 0 Å². The van der Waals surface area contributed by atoms with E-state index < -0.39 is 15.1 Å². The highest BCUT2D eigenvalue weighted by Crippen LogP contribution is 2.29. The van der Waals surface area contributed by atoms with Gasteiger partial charge >= 0.3 is 0 Å². The Labute approximate surface area is 160 Å². The van der Waals surface area contributed by atoms with Crippen molar-refractivity contribution in [1.82, 2.24) is 4.90 Å². The number of rotatable bonds is 4. The second-order valence-corrected chi connectivity index (χ2v) is 10.0. The number of hydrogen-bond acceptors (Lipinski definition) is 5. The standard InChI is InChI=1S/C19H18FNO4S2/c20-14-3-4-17-13(10-14)11-18(26-17)19(22)21-7-5-16(6-8-21)27(23,24)12-15-2-1-9-25-15/h1-4,9-11,16H,5-8,12H2. The zero-order valence-corrected chi connectivity index (χ0v) is 16.1. The Bertz CT molecular complexity index is 1060. The molecule has 1 amide bonds. The van der Waals surface area contributed by atoms with Gasteiger partial charge in [0, 0.05) is 17.8 Å². The molecular formula is C19H18FNO4S2. The molecule has 0 aliphatic carbocycles. The van der Waals surface area contributed by atoms with Gasteiger partial charge in [0.1, 0.15) is 17.3 Å². The van der Waals surface area contributed by atoms with Crippen molar-refractivity contribution >= 4 is 37.2 Å². The largest absolute Gasteiger partial charge is 0.468 e. The van der Waals surface area contributed by atoms with Crippen LogP contribution in [0, 0.1) is 5.82 Å². The summed E-state index contributed by atoms with van der Waals surface area (Å²) < 4.78 is 44.4. The van der Waals surface area contributed by atoms with Gasteiger partial charge < -0.3 is 9.32 Å². The molecule has 5 nitrogen and oxygen atoms in total. The van der Waals surface area contributed by atoms with E-state index in [1.807, 2.05) is 0 Å². The molecule has 27 heavy (non-hydrogen) atoms. The molecule has 4 rings (SSSR count). The number of furan rings is 1. The summed E-state index contributed by atoms with van der Waals surface area (Å²) in [6.45, 7) is 0.785. The summed E-state index contributed by atoms with van der Waals surface area (Å²) in [7, 11) is -3.32. The molecule has 0 saturated carbocycles. The Morgan fingerprint density at radius 2 is 2.00 bits per heavy atom. The monoisotopic (exact) mass is 407 g/mol. The Hall–Kier alpha value is -2.19. The van der Waals surface area contributed by atoms with Crippen LogP contribution in [-0.2, 0) is 15.6 Å². The molecule has 0 unspecified atom stereocenters. The third-order valence-electron chi connectivity index (χ3n) is 4.85. The van der Waals surface area contributed by atoms with Gasteiger partial charge in [-0.1, -0.05) is 0 Å². The normalized spacial score (nSPS) is 16.1. The molecule has 1 aliphatic heterocycles. The van der Waals surface area contributed by atoms with Crippen molar-refractivity contribution in [2.24, 2.45) is 0 Å². The number of fused-ring (bicyclic) bond motifs is 1. The Morgan fingerprint density at radius 1 is 1.22 bits per heavy atom. The highest BCUT2D eigenvalue weighted by Gasteiger charge is 2.32. The molecule has 142 valence electrons. The fourth-order valence-electron chi connectivity index (χ4n) is 3.40. The Balaban J connectivity index is 1.42. The summed E-state index contributed by atoms with van der Waals surface area (Å²) in [5.41, 5.74) is 0. The van der Waals surface area contributed by atoms with Gasteiger partial charge in [0.15, 0.2) is 9.84 Å². The smallest absolute Gasteiger partial charge is 0.263 e. The van der Waals surface area contributed by atoms with Crippen molar-refractivity contribution in [3.05, 3.63) is 59.1 Å². The summed E-state index contributed by atoms with van der Waals surface area (Å²) >= 11 is 1.33. The lowest BCUT2D eigenvalue weighted by Crippen LogP contribution is -2.42. The number of hydrogen-bond donors (Lipinski definition) is 0. The van der Waals surface area contributed by atoms with E-state index in [0.29, 0.717) is 42.0 Å². The fourth-order valence-corrected chi connectivity index (χ4v) is 6.14. The van der Waals surface area contributed by atoms with Gasteiger partial charge in [-0.3, -0.25) is 4.79 Å². The first-order valence-electron chi connectivity index (χ1n) is 8.65. The van der Waals surface area contributed by atoms with E-state index in [1.165, 1.54) is 29.7 Å². The SMILES string of the molecule is O=C(c1cc2cc(F)ccc2s1)N1CCC(S(=O)(=O)Cc2ccco2)CC1. The molecule has 1 aliphatic rings. The molecule has 0 radical (unpaired) electrons. The summed E-state index contributed by atoms with van der Waals surface area (Å²) in [6.07, 6.45) is 2.28. The van der Waals surface area contributed by atoms with Crippen LogP contribution in [0.25, 0.3) is 10.1 Å². The highest BCUT2D eigenvalue weighted by molar-refractivity contribution is 7.91. The number of carbonyl (C=O) groups excluding carboxylic acids is 1. The quantitative estimate of drug-likeness (QED) is 0.659. The van der Waals surface area contributed by atoms with Gasteiger partial charge in [0.25, 0.3) is 5.91 Å². The molecule has 1 fully saturated rings. The predicted octanol–water partition coefficient (Wildman–Crippen LogP) is 3.85. The van der Waals surface area contributed by atoms with E-state index >= 15 is 0 Å². The minimum Gasteiger partial charge on any atom is -0.468 e. The Morgan fingerprint density at radius 3 is 2.70 bits per heavy atom. The molecular weight excluding hydrogens is 389 g/mol. The van der Waals surface area contributed by atoms with Gasteiger partial charge in [-0.25, -0.2) is 12.8 Å². The zero-order chi connectivity index (χ0) is 19.0. The maximum absolute atomic E-state index is 13.3. The van der Waals surface area contributed by atoms with Crippen LogP contribution < -0.4 is 0 Å². The lowest BCUT2D eigenvalue weighted by Gasteiger charge is -2.31. The molecule has 1 saturated heterocycles. The molecule has 1 aromatic carbocycles. The van der Waals surface area contributed by atoms with Crippen molar-refractivity contribution in [3.63, 3.8) is 0 Å². The highest BCUT2D eigenvalue weighted by atomic mass is 32.2. The van der Waals surface area contributed by atoms with Gasteiger partial charge in [-0.2, -0.15) is 0 Å². The summed E-state index contributed by atoms with van der Waals surface area (Å²) in [4.78, 5) is 15.0. The van der Waals surface area contributed by atoms with Crippen LogP contribution >= 0.6 is 11.3 Å². The topological polar surface area (TPSA) is 67.6 Å². The lowest BCUT2D eigenvalue weighted by atomic mass is 10.1. The number of likely N-dealkylation sites (tertiary alicyclic amines) is 1. The average molecular weight is 407 g/mol. The number of halogens is 1. The molecule has 0 atom stereocenters. The number of thiophene rings is 1. The second-order valence-electron chi connectivity index (χ2n) is 6.67. The average Bonchev–Trinajstić information content (AvgIpc) is 3.30. The molecule has 3 aromatic rings. The number of carbonyl (C=O) groups is 1. The van der Waals surface area contributed by atoms with Crippen LogP contribution in [0.15, 0.2) is 47.1 Å². The molecule has 3 heterocycles. The molecule has 0 bridgehead atoms. The van der Waals surface area contributed by atoms with Crippen LogP contribution in [0.3, 0.4) is 0 Å². The first-order valence-corrected chi connectivity index (χ1v) is 11.2. The third-order valence-corrected chi connectivity index (χ3v) is 8.13. The van der Waals surface area contributed by atoms with E-state index in [4.69, 9.17) is 4.42 Å². The minimum atomic E-state index is -3.32. The molecule has 2 aromatic heterocycles. The van der Waals surface area contributed by atoms with Crippen LogP contribution in [0.4, 0.5) is 4.39 Å². The van der Waals surface area contributed by atoms with E-state index in [1.54, 1.807) is 29.2 Å². The van der Waals surface area contributed by atoms with Crippen LogP contribution in [-0.4, -0.2) is 37.6 Å².